The number of piperidine rings is 1. The summed E-state index contributed by atoms with van der Waals surface area (Å²) in [5.74, 6) is 0.489. The number of nitrogens with two attached hydrogens (primary N) is 1. The molecule has 1 amide bonds. The fourth-order valence-corrected chi connectivity index (χ4v) is 4.51. The van der Waals surface area contributed by atoms with Crippen LogP contribution in [0, 0.1) is 0 Å². The third-order valence-electron chi connectivity index (χ3n) is 5.92. The van der Waals surface area contributed by atoms with E-state index in [0.29, 0.717) is 32.2 Å². The average Bonchev–Trinajstić information content (AvgIpc) is 3.17. The van der Waals surface area contributed by atoms with Crippen LogP contribution in [0.3, 0.4) is 0 Å². The van der Waals surface area contributed by atoms with E-state index in [0.717, 1.165) is 30.7 Å². The number of carbonyl (C=O) groups is 1. The van der Waals surface area contributed by atoms with Gasteiger partial charge in [-0.3, -0.25) is 4.99 Å². The number of guanidine groups is 1. The van der Waals surface area contributed by atoms with E-state index in [1.165, 1.54) is 18.4 Å². The Hall–Kier alpha value is -1.22. The first-order valence-corrected chi connectivity index (χ1v) is 10.6. The smallest absolute Gasteiger partial charge is 0.409 e. The summed E-state index contributed by atoms with van der Waals surface area (Å²) >= 11 is 6.22. The number of rotatable bonds is 5. The number of likely N-dealkylation sites (tertiary alicyclic amines) is 1. The minimum Gasteiger partial charge on any atom is -0.450 e. The zero-order valence-electron chi connectivity index (χ0n) is 17.0. The molecule has 1 saturated carbocycles. The van der Waals surface area contributed by atoms with Gasteiger partial charge in [-0.15, -0.1) is 24.0 Å². The van der Waals surface area contributed by atoms with Crippen molar-refractivity contribution in [3.8, 4) is 0 Å². The van der Waals surface area contributed by atoms with Gasteiger partial charge in [0.25, 0.3) is 0 Å². The number of nitrogens with zero attached hydrogens (tertiary/aromatic N) is 2. The van der Waals surface area contributed by atoms with Crippen LogP contribution in [-0.4, -0.2) is 49.2 Å². The van der Waals surface area contributed by atoms with E-state index in [-0.39, 0.29) is 41.5 Å². The molecule has 0 atom stereocenters. The Bertz CT molecular complexity index is 702. The van der Waals surface area contributed by atoms with Gasteiger partial charge in [-0.25, -0.2) is 4.79 Å². The Labute approximate surface area is 195 Å². The molecule has 0 aromatic heterocycles. The van der Waals surface area contributed by atoms with Crippen LogP contribution >= 0.6 is 35.6 Å². The van der Waals surface area contributed by atoms with Gasteiger partial charge in [-0.05, 0) is 50.3 Å². The first kappa shape index (κ1) is 24.1. The molecular formula is C21H32ClIN4O2. The maximum Gasteiger partial charge on any atom is 0.409 e. The highest BCUT2D eigenvalue weighted by molar-refractivity contribution is 14.0. The molecule has 1 saturated heterocycles. The number of carbonyl (C=O) groups excluding carboxylic acids is 1. The van der Waals surface area contributed by atoms with Gasteiger partial charge in [0.05, 0.1) is 13.2 Å². The second-order valence-corrected chi connectivity index (χ2v) is 8.24. The fourth-order valence-electron chi connectivity index (χ4n) is 4.32. The summed E-state index contributed by atoms with van der Waals surface area (Å²) in [4.78, 5) is 18.2. The number of amides is 1. The minimum absolute atomic E-state index is 0. The van der Waals surface area contributed by atoms with E-state index in [1.54, 1.807) is 4.90 Å². The standard InChI is InChI=1S/C21H31ClN4O2.HI/c1-2-28-20(27)26-12-8-18(9-13-26)25-19(23)24-15-21(10-3-4-11-21)16-6-5-7-17(22)14-16;/h5-7,14,18H,2-4,8-13,15H2,1H3,(H3,23,24,25);1H. The quantitative estimate of drug-likeness (QED) is 0.335. The van der Waals surface area contributed by atoms with Gasteiger partial charge >= 0.3 is 6.09 Å². The summed E-state index contributed by atoms with van der Waals surface area (Å²) in [5, 5.41) is 4.11. The van der Waals surface area contributed by atoms with Crippen molar-refractivity contribution < 1.29 is 9.53 Å². The van der Waals surface area contributed by atoms with Crippen molar-refractivity contribution in [3.63, 3.8) is 0 Å². The van der Waals surface area contributed by atoms with Gasteiger partial charge in [0.1, 0.15) is 0 Å². The normalized spacial score (nSPS) is 19.5. The lowest BCUT2D eigenvalue weighted by Gasteiger charge is -2.32. The van der Waals surface area contributed by atoms with Crippen LogP contribution in [0.1, 0.15) is 51.0 Å². The lowest BCUT2D eigenvalue weighted by Crippen LogP contribution is -2.48. The monoisotopic (exact) mass is 534 g/mol. The first-order chi connectivity index (χ1) is 13.5. The Morgan fingerprint density at radius 2 is 2.03 bits per heavy atom. The predicted molar refractivity (Wildman–Crippen MR) is 128 cm³/mol. The molecule has 1 aromatic carbocycles. The lowest BCUT2D eigenvalue weighted by molar-refractivity contribution is 0.0963. The number of halogens is 2. The maximum atomic E-state index is 11.8. The molecule has 8 heteroatoms. The lowest BCUT2D eigenvalue weighted by atomic mass is 9.79. The van der Waals surface area contributed by atoms with Crippen molar-refractivity contribution in [1.82, 2.24) is 10.2 Å². The molecule has 1 heterocycles. The summed E-state index contributed by atoms with van der Waals surface area (Å²) in [6.07, 6.45) is 6.10. The highest BCUT2D eigenvalue weighted by Crippen LogP contribution is 2.42. The summed E-state index contributed by atoms with van der Waals surface area (Å²) in [5.41, 5.74) is 7.49. The second kappa shape index (κ2) is 11.2. The van der Waals surface area contributed by atoms with Crippen molar-refractivity contribution in [2.45, 2.75) is 56.9 Å². The number of nitrogens with one attached hydrogen (secondary N) is 1. The van der Waals surface area contributed by atoms with Crippen LogP contribution in [0.4, 0.5) is 4.79 Å². The van der Waals surface area contributed by atoms with Gasteiger partial charge in [0.2, 0.25) is 0 Å². The summed E-state index contributed by atoms with van der Waals surface area (Å²) in [6.45, 7) is 4.26. The van der Waals surface area contributed by atoms with E-state index >= 15 is 0 Å². The Morgan fingerprint density at radius 3 is 2.66 bits per heavy atom. The number of aliphatic imine (C=N–C) groups is 1. The molecule has 0 radical (unpaired) electrons. The van der Waals surface area contributed by atoms with Crippen LogP contribution in [0.15, 0.2) is 29.3 Å². The summed E-state index contributed by atoms with van der Waals surface area (Å²) in [6, 6.07) is 8.38. The highest BCUT2D eigenvalue weighted by atomic mass is 127. The van der Waals surface area contributed by atoms with Crippen molar-refractivity contribution in [2.75, 3.05) is 26.2 Å². The van der Waals surface area contributed by atoms with Crippen LogP contribution in [0.25, 0.3) is 0 Å². The van der Waals surface area contributed by atoms with Crippen molar-refractivity contribution in [2.24, 2.45) is 10.7 Å². The van der Waals surface area contributed by atoms with Crippen LogP contribution in [-0.2, 0) is 10.2 Å². The van der Waals surface area contributed by atoms with E-state index in [2.05, 4.69) is 17.4 Å². The largest absolute Gasteiger partial charge is 0.450 e. The van der Waals surface area contributed by atoms with Crippen LogP contribution in [0.2, 0.25) is 5.02 Å². The minimum atomic E-state index is -0.229. The van der Waals surface area contributed by atoms with Gasteiger partial charge in [0, 0.05) is 29.6 Å². The molecule has 1 aromatic rings. The topological polar surface area (TPSA) is 80.0 Å². The molecule has 0 bridgehead atoms. The molecule has 1 aliphatic carbocycles. The first-order valence-electron chi connectivity index (χ1n) is 10.3. The van der Waals surface area contributed by atoms with Crippen molar-refractivity contribution in [1.29, 1.82) is 0 Å². The average molecular weight is 535 g/mol. The van der Waals surface area contributed by atoms with E-state index in [1.807, 2.05) is 19.1 Å². The Morgan fingerprint density at radius 1 is 1.34 bits per heavy atom. The van der Waals surface area contributed by atoms with Gasteiger partial charge in [-0.1, -0.05) is 36.6 Å². The third kappa shape index (κ3) is 6.38. The van der Waals surface area contributed by atoms with Crippen molar-refractivity contribution >= 4 is 47.6 Å². The Balaban J connectivity index is 0.00000300. The number of benzene rings is 1. The zero-order chi connectivity index (χ0) is 20.0. The van der Waals surface area contributed by atoms with E-state index < -0.39 is 0 Å². The predicted octanol–water partition coefficient (Wildman–Crippen LogP) is 4.30. The van der Waals surface area contributed by atoms with Crippen molar-refractivity contribution in [3.05, 3.63) is 34.9 Å². The molecule has 162 valence electrons. The Kier molecular flexibility index (Phi) is 9.33. The van der Waals surface area contributed by atoms with Crippen LogP contribution in [0.5, 0.6) is 0 Å². The van der Waals surface area contributed by atoms with Crippen LogP contribution < -0.4 is 11.1 Å². The van der Waals surface area contributed by atoms with E-state index in [9.17, 15) is 4.79 Å². The number of ether oxygens (including phenoxy) is 1. The summed E-state index contributed by atoms with van der Waals surface area (Å²) < 4.78 is 5.06. The molecule has 1 aliphatic heterocycles. The van der Waals surface area contributed by atoms with Gasteiger partial charge < -0.3 is 20.7 Å². The molecule has 6 nitrogen and oxygen atoms in total. The molecule has 3 N–H and O–H groups in total. The fraction of sp³-hybridized carbons (Fsp3) is 0.619. The van der Waals surface area contributed by atoms with Gasteiger partial charge in [-0.2, -0.15) is 0 Å². The molecule has 2 fully saturated rings. The van der Waals surface area contributed by atoms with Gasteiger partial charge in [0.15, 0.2) is 5.96 Å². The molecule has 0 unspecified atom stereocenters. The number of hydrogen-bond donors (Lipinski definition) is 2. The molecule has 2 aliphatic rings. The highest BCUT2D eigenvalue weighted by Gasteiger charge is 2.35. The molecule has 0 spiro atoms. The molecule has 3 rings (SSSR count). The molecular weight excluding hydrogens is 503 g/mol. The summed E-state index contributed by atoms with van der Waals surface area (Å²) in [7, 11) is 0. The maximum absolute atomic E-state index is 11.8. The number of hydrogen-bond acceptors (Lipinski definition) is 3. The SMILES string of the molecule is CCOC(=O)N1CCC(NC(N)=NCC2(c3cccc(Cl)c3)CCCC2)CC1.I. The second-order valence-electron chi connectivity index (χ2n) is 7.80. The molecule has 29 heavy (non-hydrogen) atoms. The van der Waals surface area contributed by atoms with E-state index in [4.69, 9.17) is 27.1 Å². The third-order valence-corrected chi connectivity index (χ3v) is 6.16. The zero-order valence-corrected chi connectivity index (χ0v) is 20.1.